The Labute approximate surface area is 165 Å². The monoisotopic (exact) mass is 407 g/mol. The van der Waals surface area contributed by atoms with Crippen LogP contribution in [0.15, 0.2) is 53.4 Å². The van der Waals surface area contributed by atoms with Crippen LogP contribution < -0.4 is 4.74 Å². The maximum Gasteiger partial charge on any atom is 0.328 e. The van der Waals surface area contributed by atoms with Gasteiger partial charge in [0.25, 0.3) is 0 Å². The Morgan fingerprint density at radius 2 is 1.86 bits per heavy atom. The molecule has 5 nitrogen and oxygen atoms in total. The van der Waals surface area contributed by atoms with Crippen molar-refractivity contribution in [3.8, 4) is 5.75 Å². The minimum absolute atomic E-state index is 0.0749. The lowest BCUT2D eigenvalue weighted by Crippen LogP contribution is -2.42. The maximum absolute atomic E-state index is 13.8. The Morgan fingerprint density at radius 1 is 1.14 bits per heavy atom. The number of hydrogen-bond donors (Lipinski definition) is 0. The van der Waals surface area contributed by atoms with E-state index in [0.29, 0.717) is 0 Å². The van der Waals surface area contributed by atoms with Crippen molar-refractivity contribution in [1.82, 2.24) is 4.90 Å². The lowest BCUT2D eigenvalue weighted by molar-refractivity contribution is -0.150. The summed E-state index contributed by atoms with van der Waals surface area (Å²) in [5, 5.41) is 0. The van der Waals surface area contributed by atoms with E-state index in [4.69, 9.17) is 9.47 Å². The molecule has 0 aliphatic carbocycles. The van der Waals surface area contributed by atoms with Crippen LogP contribution in [0, 0.1) is 11.6 Å². The second kappa shape index (κ2) is 9.05. The third-order valence-electron chi connectivity index (χ3n) is 4.36. The van der Waals surface area contributed by atoms with Crippen molar-refractivity contribution >= 4 is 23.6 Å². The first kappa shape index (κ1) is 20.1. The number of hydrogen-bond acceptors (Lipinski definition) is 5. The highest BCUT2D eigenvalue weighted by Crippen LogP contribution is 2.27. The van der Waals surface area contributed by atoms with Gasteiger partial charge in [0.05, 0.1) is 19.4 Å². The molecule has 1 fully saturated rings. The van der Waals surface area contributed by atoms with Gasteiger partial charge >= 0.3 is 5.97 Å². The molecule has 8 heteroatoms. The van der Waals surface area contributed by atoms with E-state index >= 15 is 0 Å². The van der Waals surface area contributed by atoms with Crippen molar-refractivity contribution in [1.29, 1.82) is 0 Å². The zero-order valence-electron chi connectivity index (χ0n) is 15.1. The summed E-state index contributed by atoms with van der Waals surface area (Å²) in [5.41, 5.74) is 0. The molecule has 0 bridgehead atoms. The van der Waals surface area contributed by atoms with E-state index in [1.165, 1.54) is 48.0 Å². The summed E-state index contributed by atoms with van der Waals surface area (Å²) >= 11 is 1.24. The molecule has 0 saturated carbocycles. The van der Waals surface area contributed by atoms with Gasteiger partial charge in [-0.25, -0.2) is 13.6 Å². The van der Waals surface area contributed by atoms with Crippen LogP contribution in [0.5, 0.6) is 5.75 Å². The van der Waals surface area contributed by atoms with Crippen molar-refractivity contribution in [3.63, 3.8) is 0 Å². The number of methoxy groups -OCH3 is 1. The molecule has 0 N–H and O–H groups in total. The van der Waals surface area contributed by atoms with Crippen molar-refractivity contribution in [2.75, 3.05) is 19.4 Å². The first-order valence-electron chi connectivity index (χ1n) is 8.64. The summed E-state index contributed by atoms with van der Waals surface area (Å²) in [4.78, 5) is 26.9. The predicted molar refractivity (Wildman–Crippen MR) is 100 cm³/mol. The van der Waals surface area contributed by atoms with Crippen LogP contribution in [-0.2, 0) is 14.3 Å². The number of benzene rings is 2. The molecule has 1 amide bonds. The number of nitrogens with zero attached hydrogens (tertiary/aromatic N) is 1. The average molecular weight is 407 g/mol. The SMILES string of the molecule is COC(=O)C1CC(Oc2ccccc2F)CN1C(=O)CSc1ccc(F)cc1. The van der Waals surface area contributed by atoms with Gasteiger partial charge in [0.2, 0.25) is 5.91 Å². The van der Waals surface area contributed by atoms with Crippen LogP contribution in [0.4, 0.5) is 8.78 Å². The summed E-state index contributed by atoms with van der Waals surface area (Å²) in [6, 6.07) is 11.0. The van der Waals surface area contributed by atoms with E-state index in [9.17, 15) is 18.4 Å². The van der Waals surface area contributed by atoms with Crippen LogP contribution in [0.3, 0.4) is 0 Å². The number of thioether (sulfide) groups is 1. The van der Waals surface area contributed by atoms with Gasteiger partial charge in [-0.1, -0.05) is 12.1 Å². The number of rotatable bonds is 6. The lowest BCUT2D eigenvalue weighted by atomic mass is 10.2. The van der Waals surface area contributed by atoms with Crippen LogP contribution in [0.1, 0.15) is 6.42 Å². The topological polar surface area (TPSA) is 55.8 Å². The Balaban J connectivity index is 1.66. The smallest absolute Gasteiger partial charge is 0.328 e. The van der Waals surface area contributed by atoms with Crippen molar-refractivity contribution in [3.05, 3.63) is 60.2 Å². The molecule has 1 saturated heterocycles. The van der Waals surface area contributed by atoms with Gasteiger partial charge in [0, 0.05) is 11.3 Å². The number of halogens is 2. The minimum atomic E-state index is -0.789. The lowest BCUT2D eigenvalue weighted by Gasteiger charge is -2.22. The summed E-state index contributed by atoms with van der Waals surface area (Å²) in [5.74, 6) is -1.52. The first-order chi connectivity index (χ1) is 13.5. The fourth-order valence-corrected chi connectivity index (χ4v) is 3.78. The quantitative estimate of drug-likeness (QED) is 0.543. The largest absolute Gasteiger partial charge is 0.485 e. The molecule has 0 radical (unpaired) electrons. The van der Waals surface area contributed by atoms with Crippen molar-refractivity contribution in [2.24, 2.45) is 0 Å². The third kappa shape index (κ3) is 4.81. The summed E-state index contributed by atoms with van der Waals surface area (Å²) in [7, 11) is 1.25. The van der Waals surface area contributed by atoms with E-state index in [2.05, 4.69) is 0 Å². The molecule has 0 aromatic heterocycles. The average Bonchev–Trinajstić information content (AvgIpc) is 3.12. The first-order valence-corrected chi connectivity index (χ1v) is 9.63. The zero-order valence-corrected chi connectivity index (χ0v) is 16.0. The molecule has 1 heterocycles. The summed E-state index contributed by atoms with van der Waals surface area (Å²) < 4.78 is 37.3. The highest BCUT2D eigenvalue weighted by molar-refractivity contribution is 8.00. The van der Waals surface area contributed by atoms with Gasteiger partial charge in [-0.15, -0.1) is 11.8 Å². The second-order valence-corrected chi connectivity index (χ2v) is 7.28. The van der Waals surface area contributed by atoms with Gasteiger partial charge in [-0.05, 0) is 36.4 Å². The molecule has 2 aromatic carbocycles. The Hall–Kier alpha value is -2.61. The van der Waals surface area contributed by atoms with E-state index < -0.39 is 23.9 Å². The Kier molecular flexibility index (Phi) is 6.51. The normalized spacial score (nSPS) is 18.8. The number of esters is 1. The number of likely N-dealkylation sites (tertiary alicyclic amines) is 1. The third-order valence-corrected chi connectivity index (χ3v) is 5.36. The van der Waals surface area contributed by atoms with Crippen LogP contribution in [0.2, 0.25) is 0 Å². The highest BCUT2D eigenvalue weighted by atomic mass is 32.2. The predicted octanol–water partition coefficient (Wildman–Crippen LogP) is 3.28. The number of para-hydroxylation sites is 1. The molecule has 3 rings (SSSR count). The van der Waals surface area contributed by atoms with Crippen molar-refractivity contribution in [2.45, 2.75) is 23.5 Å². The van der Waals surface area contributed by atoms with Crippen LogP contribution in [0.25, 0.3) is 0 Å². The molecule has 0 spiro atoms. The molecule has 1 aliphatic rings. The van der Waals surface area contributed by atoms with E-state index in [0.717, 1.165) is 4.90 Å². The van der Waals surface area contributed by atoms with Gasteiger partial charge in [0.1, 0.15) is 18.0 Å². The van der Waals surface area contributed by atoms with Crippen LogP contribution >= 0.6 is 11.8 Å². The molecule has 2 unspecified atom stereocenters. The van der Waals surface area contributed by atoms with Gasteiger partial charge in [0.15, 0.2) is 11.6 Å². The fraction of sp³-hybridized carbons (Fsp3) is 0.300. The Bertz CT molecular complexity index is 846. The van der Waals surface area contributed by atoms with Gasteiger partial charge < -0.3 is 14.4 Å². The molecule has 2 aromatic rings. The van der Waals surface area contributed by atoms with Gasteiger partial charge in [-0.2, -0.15) is 0 Å². The fourth-order valence-electron chi connectivity index (χ4n) is 3.00. The Morgan fingerprint density at radius 3 is 2.54 bits per heavy atom. The number of ether oxygens (including phenoxy) is 2. The highest BCUT2D eigenvalue weighted by Gasteiger charge is 2.41. The van der Waals surface area contributed by atoms with E-state index in [1.54, 1.807) is 24.3 Å². The van der Waals surface area contributed by atoms with Crippen LogP contribution in [-0.4, -0.2) is 48.3 Å². The zero-order chi connectivity index (χ0) is 20.1. The number of carbonyl (C=O) groups excluding carboxylic acids is 2. The number of carbonyl (C=O) groups is 2. The standard InChI is InChI=1S/C20H19F2NO4S/c1-26-20(25)17-10-14(27-18-5-3-2-4-16(18)22)11-23(17)19(24)12-28-15-8-6-13(21)7-9-15/h2-9,14,17H,10-12H2,1H3. The molecule has 1 aliphatic heterocycles. The molecule has 2 atom stereocenters. The molecular weight excluding hydrogens is 388 g/mol. The van der Waals surface area contributed by atoms with Crippen molar-refractivity contribution < 1.29 is 27.8 Å². The molecule has 148 valence electrons. The maximum atomic E-state index is 13.8. The number of amides is 1. The molecular formula is C20H19F2NO4S. The minimum Gasteiger partial charge on any atom is -0.485 e. The molecule has 28 heavy (non-hydrogen) atoms. The summed E-state index contributed by atoms with van der Waals surface area (Å²) in [6.07, 6.45) is -0.311. The summed E-state index contributed by atoms with van der Waals surface area (Å²) in [6.45, 7) is 0.150. The van der Waals surface area contributed by atoms with Gasteiger partial charge in [-0.3, -0.25) is 4.79 Å². The van der Waals surface area contributed by atoms with E-state index in [1.807, 2.05) is 0 Å². The van der Waals surface area contributed by atoms with E-state index in [-0.39, 0.29) is 36.2 Å². The second-order valence-electron chi connectivity index (χ2n) is 6.23.